The van der Waals surface area contributed by atoms with E-state index < -0.39 is 18.1 Å². The molecule has 0 radical (unpaired) electrons. The Labute approximate surface area is 283 Å². The lowest BCUT2D eigenvalue weighted by atomic mass is 9.85. The van der Waals surface area contributed by atoms with Gasteiger partial charge in [-0.3, -0.25) is 9.59 Å². The van der Waals surface area contributed by atoms with Gasteiger partial charge in [0.2, 0.25) is 11.7 Å². The van der Waals surface area contributed by atoms with Crippen LogP contribution >= 0.6 is 0 Å². The Morgan fingerprint density at radius 2 is 1.33 bits per heavy atom. The van der Waals surface area contributed by atoms with Crippen LogP contribution in [0.2, 0.25) is 0 Å². The van der Waals surface area contributed by atoms with Gasteiger partial charge < -0.3 is 34.3 Å². The molecule has 2 atom stereocenters. The standard InChI is InChI=1S/C37H49N3O8/c1-9-45-28-15-11-26(12-16-28)32(27-13-17-29(18-14-27)46-10-2)25(7)39-35(41)30(21-23(3)4)40-36(42)33-34(31(44-8)19-20-38-33)48-37(43)47-22-24(5)6/h11-20,23-25,30,32H,9-10,21-22H2,1-8H3,(H,39,41)(H,40,42)/t25-,30-/m0/s1. The molecule has 0 aliphatic carbocycles. The maximum atomic E-state index is 13.9. The summed E-state index contributed by atoms with van der Waals surface area (Å²) in [5.41, 5.74) is 1.74. The minimum atomic E-state index is -0.996. The zero-order valence-electron chi connectivity index (χ0n) is 29.2. The summed E-state index contributed by atoms with van der Waals surface area (Å²) in [6.07, 6.45) is 0.708. The van der Waals surface area contributed by atoms with Crippen LogP contribution in [0.3, 0.4) is 0 Å². The third-order valence-electron chi connectivity index (χ3n) is 7.32. The zero-order valence-corrected chi connectivity index (χ0v) is 29.2. The summed E-state index contributed by atoms with van der Waals surface area (Å²) in [5.74, 6) is 0.264. The molecule has 48 heavy (non-hydrogen) atoms. The summed E-state index contributed by atoms with van der Waals surface area (Å²) in [5, 5.41) is 5.96. The fourth-order valence-corrected chi connectivity index (χ4v) is 5.18. The molecule has 11 heteroatoms. The van der Waals surface area contributed by atoms with Crippen LogP contribution in [0, 0.1) is 11.8 Å². The van der Waals surface area contributed by atoms with Gasteiger partial charge in [-0.1, -0.05) is 52.0 Å². The van der Waals surface area contributed by atoms with E-state index in [1.165, 1.54) is 19.4 Å². The normalized spacial score (nSPS) is 12.3. The predicted octanol–water partition coefficient (Wildman–Crippen LogP) is 6.54. The Morgan fingerprint density at radius 1 is 0.771 bits per heavy atom. The van der Waals surface area contributed by atoms with Crippen molar-refractivity contribution in [3.05, 3.63) is 77.6 Å². The van der Waals surface area contributed by atoms with E-state index in [-0.39, 0.29) is 53.5 Å². The molecule has 3 rings (SSSR count). The molecule has 0 unspecified atom stereocenters. The van der Waals surface area contributed by atoms with Gasteiger partial charge in [0, 0.05) is 24.2 Å². The van der Waals surface area contributed by atoms with Crippen LogP contribution in [0.15, 0.2) is 60.8 Å². The van der Waals surface area contributed by atoms with Crippen molar-refractivity contribution in [2.75, 3.05) is 26.9 Å². The average molecular weight is 664 g/mol. The minimum absolute atomic E-state index is 0.0596. The Morgan fingerprint density at radius 3 is 1.81 bits per heavy atom. The summed E-state index contributed by atoms with van der Waals surface area (Å²) in [6.45, 7) is 14.7. The number of hydrogen-bond donors (Lipinski definition) is 2. The van der Waals surface area contributed by atoms with Gasteiger partial charge in [0.1, 0.15) is 17.5 Å². The van der Waals surface area contributed by atoms with Crippen LogP contribution in [0.4, 0.5) is 4.79 Å². The number of ether oxygens (including phenoxy) is 5. The second-order valence-electron chi connectivity index (χ2n) is 12.2. The Bertz CT molecular complexity index is 1430. The zero-order chi connectivity index (χ0) is 35.2. The molecule has 11 nitrogen and oxygen atoms in total. The highest BCUT2D eigenvalue weighted by Gasteiger charge is 2.30. The Balaban J connectivity index is 1.88. The molecule has 0 saturated carbocycles. The first-order chi connectivity index (χ1) is 23.0. The minimum Gasteiger partial charge on any atom is -0.494 e. The summed E-state index contributed by atoms with van der Waals surface area (Å²) in [6, 6.07) is 15.8. The van der Waals surface area contributed by atoms with Gasteiger partial charge >= 0.3 is 6.16 Å². The molecule has 0 saturated heterocycles. The van der Waals surface area contributed by atoms with Crippen molar-refractivity contribution in [1.82, 2.24) is 15.6 Å². The smallest absolute Gasteiger partial charge is 0.494 e. The van der Waals surface area contributed by atoms with Gasteiger partial charge in [-0.05, 0) is 74.4 Å². The lowest BCUT2D eigenvalue weighted by Crippen LogP contribution is -2.51. The van der Waals surface area contributed by atoms with Crippen LogP contribution in [-0.2, 0) is 9.53 Å². The van der Waals surface area contributed by atoms with E-state index in [2.05, 4.69) is 15.6 Å². The molecule has 0 spiro atoms. The van der Waals surface area contributed by atoms with Crippen molar-refractivity contribution >= 4 is 18.0 Å². The number of benzene rings is 2. The number of rotatable bonds is 17. The maximum Gasteiger partial charge on any atom is 0.514 e. The molecule has 260 valence electrons. The molecule has 0 aliphatic heterocycles. The molecular weight excluding hydrogens is 614 g/mol. The van der Waals surface area contributed by atoms with Crippen molar-refractivity contribution in [3.63, 3.8) is 0 Å². The second kappa shape index (κ2) is 18.5. The summed E-state index contributed by atoms with van der Waals surface area (Å²) in [4.78, 5) is 44.1. The van der Waals surface area contributed by atoms with E-state index in [1.807, 2.05) is 97.0 Å². The number of pyridine rings is 1. The van der Waals surface area contributed by atoms with E-state index in [4.69, 9.17) is 23.7 Å². The number of carbonyl (C=O) groups is 3. The average Bonchev–Trinajstić information content (AvgIpc) is 3.05. The van der Waals surface area contributed by atoms with E-state index in [0.717, 1.165) is 22.6 Å². The van der Waals surface area contributed by atoms with Gasteiger partial charge in [0.05, 0.1) is 26.9 Å². The second-order valence-corrected chi connectivity index (χ2v) is 12.2. The molecular formula is C37H49N3O8. The van der Waals surface area contributed by atoms with Gasteiger partial charge in [0.15, 0.2) is 11.4 Å². The molecule has 1 heterocycles. The molecule has 1 aromatic heterocycles. The fraction of sp³-hybridized carbons (Fsp3) is 0.459. The van der Waals surface area contributed by atoms with Gasteiger partial charge in [-0.15, -0.1) is 0 Å². The molecule has 2 amide bonds. The highest BCUT2D eigenvalue weighted by molar-refractivity contribution is 5.99. The van der Waals surface area contributed by atoms with E-state index >= 15 is 0 Å². The highest BCUT2D eigenvalue weighted by atomic mass is 16.7. The fourth-order valence-electron chi connectivity index (χ4n) is 5.18. The molecule has 0 fully saturated rings. The first-order valence-electron chi connectivity index (χ1n) is 16.4. The number of hydrogen-bond acceptors (Lipinski definition) is 9. The van der Waals surface area contributed by atoms with E-state index in [9.17, 15) is 14.4 Å². The van der Waals surface area contributed by atoms with Crippen molar-refractivity contribution in [2.45, 2.75) is 72.9 Å². The number of methoxy groups -OCH3 is 1. The lowest BCUT2D eigenvalue weighted by Gasteiger charge is -2.29. The van der Waals surface area contributed by atoms with Crippen molar-refractivity contribution in [3.8, 4) is 23.0 Å². The third kappa shape index (κ3) is 10.9. The molecule has 2 N–H and O–H groups in total. The highest BCUT2D eigenvalue weighted by Crippen LogP contribution is 2.32. The number of carbonyl (C=O) groups excluding carboxylic acids is 3. The number of aromatic nitrogens is 1. The van der Waals surface area contributed by atoms with Crippen molar-refractivity contribution in [1.29, 1.82) is 0 Å². The van der Waals surface area contributed by atoms with E-state index in [1.54, 1.807) is 0 Å². The molecule has 0 aliphatic rings. The van der Waals surface area contributed by atoms with Crippen LogP contribution in [-0.4, -0.2) is 62.0 Å². The van der Waals surface area contributed by atoms with Crippen LogP contribution in [0.25, 0.3) is 0 Å². The number of nitrogens with zero attached hydrogens (tertiary/aromatic N) is 1. The lowest BCUT2D eigenvalue weighted by molar-refractivity contribution is -0.124. The summed E-state index contributed by atoms with van der Waals surface area (Å²) < 4.78 is 27.1. The monoisotopic (exact) mass is 663 g/mol. The van der Waals surface area contributed by atoms with E-state index in [0.29, 0.717) is 19.6 Å². The van der Waals surface area contributed by atoms with Gasteiger partial charge in [0.25, 0.3) is 5.91 Å². The largest absolute Gasteiger partial charge is 0.514 e. The Kier molecular flexibility index (Phi) is 14.5. The quantitative estimate of drug-likeness (QED) is 0.154. The summed E-state index contributed by atoms with van der Waals surface area (Å²) in [7, 11) is 1.38. The predicted molar refractivity (Wildman–Crippen MR) is 183 cm³/mol. The SMILES string of the molecule is CCOc1ccc(C(c2ccc(OCC)cc2)[C@H](C)NC(=O)[C@H](CC(C)C)NC(=O)c2nccc(OC)c2OC(=O)OCC(C)C)cc1. The maximum absolute atomic E-state index is 13.9. The summed E-state index contributed by atoms with van der Waals surface area (Å²) >= 11 is 0. The topological polar surface area (TPSA) is 134 Å². The first kappa shape index (κ1) is 37.7. The number of amides is 2. The van der Waals surface area contributed by atoms with Crippen molar-refractivity contribution in [2.24, 2.45) is 11.8 Å². The molecule has 2 aromatic carbocycles. The Hall–Kier alpha value is -4.80. The van der Waals surface area contributed by atoms with Crippen LogP contribution < -0.4 is 29.6 Å². The third-order valence-corrected chi connectivity index (χ3v) is 7.32. The van der Waals surface area contributed by atoms with Gasteiger partial charge in [-0.2, -0.15) is 0 Å². The van der Waals surface area contributed by atoms with Gasteiger partial charge in [-0.25, -0.2) is 9.78 Å². The van der Waals surface area contributed by atoms with Crippen LogP contribution in [0.1, 0.15) is 82.4 Å². The first-order valence-corrected chi connectivity index (χ1v) is 16.4. The molecule has 0 bridgehead atoms. The molecule has 3 aromatic rings. The van der Waals surface area contributed by atoms with Crippen molar-refractivity contribution < 1.29 is 38.1 Å². The number of nitrogens with one attached hydrogen (secondary N) is 2. The van der Waals surface area contributed by atoms with Crippen LogP contribution in [0.5, 0.6) is 23.0 Å².